The molecule has 1 aromatic heterocycles. The summed E-state index contributed by atoms with van der Waals surface area (Å²) in [5.74, 6) is 0.279. The van der Waals surface area contributed by atoms with Crippen LogP contribution in [-0.2, 0) is 0 Å². The van der Waals surface area contributed by atoms with Crippen LogP contribution in [0.3, 0.4) is 0 Å². The van der Waals surface area contributed by atoms with Crippen molar-refractivity contribution in [1.29, 1.82) is 5.26 Å². The lowest BCUT2D eigenvalue weighted by Gasteiger charge is -2.03. The molecule has 16 heavy (non-hydrogen) atoms. The van der Waals surface area contributed by atoms with Crippen LogP contribution in [0.1, 0.15) is 11.1 Å². The number of aryl methyl sites for hydroxylation is 1. The Labute approximate surface area is 94.2 Å². The first kappa shape index (κ1) is 10.2. The van der Waals surface area contributed by atoms with E-state index in [1.165, 1.54) is 5.56 Å². The summed E-state index contributed by atoms with van der Waals surface area (Å²) < 4.78 is 0. The van der Waals surface area contributed by atoms with Gasteiger partial charge in [0.15, 0.2) is 0 Å². The minimum Gasteiger partial charge on any atom is -0.383 e. The van der Waals surface area contributed by atoms with Gasteiger partial charge in [0.2, 0.25) is 0 Å². The van der Waals surface area contributed by atoms with Crippen molar-refractivity contribution < 1.29 is 0 Å². The number of hydrogen-bond donors (Lipinski definition) is 1. The van der Waals surface area contributed by atoms with Crippen LogP contribution in [0.4, 0.5) is 5.82 Å². The molecule has 0 radical (unpaired) electrons. The quantitative estimate of drug-likeness (QED) is 0.784. The summed E-state index contributed by atoms with van der Waals surface area (Å²) in [5.41, 5.74) is 9.06. The molecule has 78 valence electrons. The maximum Gasteiger partial charge on any atom is 0.142 e. The van der Waals surface area contributed by atoms with Crippen molar-refractivity contribution in [3.8, 4) is 17.3 Å². The van der Waals surface area contributed by atoms with Gasteiger partial charge in [-0.2, -0.15) is 5.26 Å². The molecule has 0 bridgehead atoms. The maximum absolute atomic E-state index is 8.75. The Morgan fingerprint density at radius 3 is 2.69 bits per heavy atom. The molecule has 1 aromatic carbocycles. The van der Waals surface area contributed by atoms with E-state index in [0.717, 1.165) is 11.3 Å². The number of nitrogens with zero attached hydrogens (tertiary/aromatic N) is 2. The zero-order valence-electron chi connectivity index (χ0n) is 8.94. The molecule has 0 spiro atoms. The molecule has 0 atom stereocenters. The Balaban J connectivity index is 2.50. The Morgan fingerprint density at radius 1 is 1.25 bits per heavy atom. The summed E-state index contributed by atoms with van der Waals surface area (Å²) in [5, 5.41) is 8.75. The van der Waals surface area contributed by atoms with Crippen LogP contribution in [0.15, 0.2) is 36.4 Å². The first-order valence-electron chi connectivity index (χ1n) is 4.94. The van der Waals surface area contributed by atoms with Gasteiger partial charge in [0.05, 0.1) is 11.3 Å². The van der Waals surface area contributed by atoms with Crippen molar-refractivity contribution in [3.05, 3.63) is 47.5 Å². The molecule has 0 saturated carbocycles. The number of nitriles is 1. The second-order valence-electron chi connectivity index (χ2n) is 3.61. The number of aromatic nitrogens is 1. The van der Waals surface area contributed by atoms with Crippen LogP contribution in [0.2, 0.25) is 0 Å². The van der Waals surface area contributed by atoms with Gasteiger partial charge in [-0.25, -0.2) is 4.98 Å². The van der Waals surface area contributed by atoms with Gasteiger partial charge >= 0.3 is 0 Å². The molecule has 1 heterocycles. The monoisotopic (exact) mass is 209 g/mol. The molecule has 0 amide bonds. The maximum atomic E-state index is 8.75. The molecule has 3 heteroatoms. The van der Waals surface area contributed by atoms with Crippen molar-refractivity contribution in [1.82, 2.24) is 4.98 Å². The van der Waals surface area contributed by atoms with Crippen LogP contribution in [0.5, 0.6) is 0 Å². The van der Waals surface area contributed by atoms with E-state index in [1.54, 1.807) is 6.07 Å². The van der Waals surface area contributed by atoms with Crippen molar-refractivity contribution in [2.45, 2.75) is 6.92 Å². The predicted molar refractivity (Wildman–Crippen MR) is 63.5 cm³/mol. The number of rotatable bonds is 1. The van der Waals surface area contributed by atoms with Gasteiger partial charge in [0.25, 0.3) is 0 Å². The summed E-state index contributed by atoms with van der Waals surface area (Å²) in [7, 11) is 0. The van der Waals surface area contributed by atoms with Gasteiger partial charge in [0, 0.05) is 5.56 Å². The van der Waals surface area contributed by atoms with Crippen LogP contribution < -0.4 is 5.73 Å². The van der Waals surface area contributed by atoms with Crippen molar-refractivity contribution in [2.24, 2.45) is 0 Å². The third-order valence-electron chi connectivity index (χ3n) is 2.36. The summed E-state index contributed by atoms with van der Waals surface area (Å²) in [4.78, 5) is 4.21. The first-order chi connectivity index (χ1) is 7.70. The molecule has 2 rings (SSSR count). The summed E-state index contributed by atoms with van der Waals surface area (Å²) in [6, 6.07) is 13.5. The normalized spacial score (nSPS) is 9.75. The van der Waals surface area contributed by atoms with Gasteiger partial charge in [0.1, 0.15) is 11.9 Å². The average Bonchev–Trinajstić information content (AvgIpc) is 2.29. The zero-order chi connectivity index (χ0) is 11.5. The van der Waals surface area contributed by atoms with E-state index in [0.29, 0.717) is 5.56 Å². The molecule has 0 fully saturated rings. The van der Waals surface area contributed by atoms with Gasteiger partial charge in [-0.3, -0.25) is 0 Å². The third-order valence-corrected chi connectivity index (χ3v) is 2.36. The molecule has 0 aliphatic heterocycles. The molecule has 0 saturated heterocycles. The summed E-state index contributed by atoms with van der Waals surface area (Å²) >= 11 is 0. The number of nitrogen functional groups attached to an aromatic ring is 1. The van der Waals surface area contributed by atoms with Crippen molar-refractivity contribution in [3.63, 3.8) is 0 Å². The number of hydrogen-bond acceptors (Lipinski definition) is 3. The highest BCUT2D eigenvalue weighted by molar-refractivity contribution is 5.64. The van der Waals surface area contributed by atoms with Crippen LogP contribution in [-0.4, -0.2) is 4.98 Å². The molecule has 0 aliphatic carbocycles. The second-order valence-corrected chi connectivity index (χ2v) is 3.61. The Bertz CT molecular complexity index is 568. The molecule has 2 aromatic rings. The number of nitrogens with two attached hydrogens (primary N) is 1. The topological polar surface area (TPSA) is 62.7 Å². The Kier molecular flexibility index (Phi) is 2.57. The fourth-order valence-electron chi connectivity index (χ4n) is 1.53. The highest BCUT2D eigenvalue weighted by atomic mass is 14.8. The number of pyridine rings is 1. The average molecular weight is 209 g/mol. The predicted octanol–water partition coefficient (Wildman–Crippen LogP) is 2.51. The lowest BCUT2D eigenvalue weighted by Crippen LogP contribution is -1.96. The van der Waals surface area contributed by atoms with Crippen molar-refractivity contribution in [2.75, 3.05) is 5.73 Å². The standard InChI is InChI=1S/C13H11N3/c1-9-3-2-4-10(7-9)12-6-5-11(8-14)13(15)16-12/h2-7H,1H3,(H2,15,16). The van der Waals surface area contributed by atoms with Crippen LogP contribution >= 0.6 is 0 Å². The highest BCUT2D eigenvalue weighted by Crippen LogP contribution is 2.20. The van der Waals surface area contributed by atoms with E-state index in [1.807, 2.05) is 43.3 Å². The molecule has 2 N–H and O–H groups in total. The minimum absolute atomic E-state index is 0.279. The van der Waals surface area contributed by atoms with Crippen LogP contribution in [0.25, 0.3) is 11.3 Å². The third kappa shape index (κ3) is 1.86. The fourth-order valence-corrected chi connectivity index (χ4v) is 1.53. The van der Waals surface area contributed by atoms with E-state index < -0.39 is 0 Å². The van der Waals surface area contributed by atoms with Gasteiger partial charge < -0.3 is 5.73 Å². The Hall–Kier alpha value is -2.34. The lowest BCUT2D eigenvalue weighted by atomic mass is 10.1. The first-order valence-corrected chi connectivity index (χ1v) is 4.94. The molecular formula is C13H11N3. The van der Waals surface area contributed by atoms with E-state index in [-0.39, 0.29) is 5.82 Å². The van der Waals surface area contributed by atoms with E-state index in [4.69, 9.17) is 11.0 Å². The largest absolute Gasteiger partial charge is 0.383 e. The fraction of sp³-hybridized carbons (Fsp3) is 0.0769. The SMILES string of the molecule is Cc1cccc(-c2ccc(C#N)c(N)n2)c1. The lowest BCUT2D eigenvalue weighted by molar-refractivity contribution is 1.30. The summed E-state index contributed by atoms with van der Waals surface area (Å²) in [6.07, 6.45) is 0. The molecule has 3 nitrogen and oxygen atoms in total. The molecule has 0 unspecified atom stereocenters. The van der Waals surface area contributed by atoms with E-state index >= 15 is 0 Å². The zero-order valence-corrected chi connectivity index (χ0v) is 8.94. The van der Waals surface area contributed by atoms with Gasteiger partial charge in [-0.15, -0.1) is 0 Å². The van der Waals surface area contributed by atoms with E-state index in [2.05, 4.69) is 4.98 Å². The smallest absolute Gasteiger partial charge is 0.142 e. The number of benzene rings is 1. The summed E-state index contributed by atoms with van der Waals surface area (Å²) in [6.45, 7) is 2.02. The molecular weight excluding hydrogens is 198 g/mol. The second kappa shape index (κ2) is 4.03. The Morgan fingerprint density at radius 2 is 2.06 bits per heavy atom. The highest BCUT2D eigenvalue weighted by Gasteiger charge is 2.03. The number of anilines is 1. The van der Waals surface area contributed by atoms with Gasteiger partial charge in [-0.05, 0) is 25.1 Å². The van der Waals surface area contributed by atoms with Gasteiger partial charge in [-0.1, -0.05) is 23.8 Å². The van der Waals surface area contributed by atoms with E-state index in [9.17, 15) is 0 Å². The minimum atomic E-state index is 0.279. The molecule has 0 aliphatic rings. The van der Waals surface area contributed by atoms with Crippen LogP contribution in [0, 0.1) is 18.3 Å². The van der Waals surface area contributed by atoms with Crippen molar-refractivity contribution >= 4 is 5.82 Å².